The van der Waals surface area contributed by atoms with E-state index in [9.17, 15) is 17.6 Å². The fraction of sp³-hybridized carbons (Fsp3) is 0.474. The number of amides is 1. The van der Waals surface area contributed by atoms with E-state index in [4.69, 9.17) is 11.6 Å². The highest BCUT2D eigenvalue weighted by molar-refractivity contribution is 7.89. The van der Waals surface area contributed by atoms with E-state index in [-0.39, 0.29) is 16.5 Å². The summed E-state index contributed by atoms with van der Waals surface area (Å²) in [5, 5.41) is 6.76. The Bertz CT molecular complexity index is 986. The topological polar surface area (TPSA) is 84.3 Å². The molecule has 0 unspecified atom stereocenters. The molecule has 0 radical (unpaired) electrons. The lowest BCUT2D eigenvalue weighted by Gasteiger charge is -2.21. The Morgan fingerprint density at radius 1 is 1.24 bits per heavy atom. The van der Waals surface area contributed by atoms with E-state index in [0.717, 1.165) is 6.07 Å². The maximum atomic E-state index is 13.3. The normalized spacial score (nSPS) is 11.8. The molecule has 1 aromatic heterocycles. The van der Waals surface area contributed by atoms with E-state index in [1.165, 1.54) is 21.1 Å². The van der Waals surface area contributed by atoms with Gasteiger partial charge in [-0.2, -0.15) is 9.40 Å². The fourth-order valence-corrected chi connectivity index (χ4v) is 5.28. The summed E-state index contributed by atoms with van der Waals surface area (Å²) in [4.78, 5) is 12.5. The summed E-state index contributed by atoms with van der Waals surface area (Å²) in [6.45, 7) is 7.76. The predicted octanol–water partition coefficient (Wildman–Crippen LogP) is 3.74. The number of hydrogen-bond donors (Lipinski definition) is 1. The lowest BCUT2D eigenvalue weighted by molar-refractivity contribution is -0.116. The molecule has 29 heavy (non-hydrogen) atoms. The van der Waals surface area contributed by atoms with Gasteiger partial charge in [-0.15, -0.1) is 0 Å². The number of rotatable bonds is 9. The molecule has 1 N–H and O–H groups in total. The highest BCUT2D eigenvalue weighted by Gasteiger charge is 2.30. The number of aromatic nitrogens is 2. The van der Waals surface area contributed by atoms with Gasteiger partial charge in [0.25, 0.3) is 0 Å². The average Bonchev–Trinajstić information content (AvgIpc) is 2.91. The zero-order valence-corrected chi connectivity index (χ0v) is 18.6. The summed E-state index contributed by atoms with van der Waals surface area (Å²) >= 11 is 5.72. The standard InChI is InChI=1S/C19H26ClFN4O3S/c1-5-9-24(10-6-2)29(27,28)19-13(3)23-25(14(19)4)12-18(26)22-15-7-8-17(21)16(20)11-15/h7-8,11H,5-6,9-10,12H2,1-4H3,(H,22,26). The summed E-state index contributed by atoms with van der Waals surface area (Å²) < 4.78 is 42.3. The molecule has 1 amide bonds. The van der Waals surface area contributed by atoms with Crippen LogP contribution in [0.4, 0.5) is 10.1 Å². The van der Waals surface area contributed by atoms with Crippen molar-refractivity contribution in [2.24, 2.45) is 0 Å². The van der Waals surface area contributed by atoms with E-state index >= 15 is 0 Å². The van der Waals surface area contributed by atoms with Crippen LogP contribution in [-0.4, -0.2) is 41.5 Å². The zero-order chi connectivity index (χ0) is 21.8. The third kappa shape index (κ3) is 5.34. The minimum atomic E-state index is -3.71. The van der Waals surface area contributed by atoms with Crippen LogP contribution in [0, 0.1) is 19.7 Å². The van der Waals surface area contributed by atoms with Gasteiger partial charge >= 0.3 is 0 Å². The first-order valence-electron chi connectivity index (χ1n) is 9.40. The molecule has 1 aromatic carbocycles. The van der Waals surface area contributed by atoms with Gasteiger partial charge in [-0.1, -0.05) is 25.4 Å². The van der Waals surface area contributed by atoms with Gasteiger partial charge in [-0.25, -0.2) is 12.8 Å². The molecule has 2 aromatic rings. The molecular formula is C19H26ClFN4O3S. The van der Waals surface area contributed by atoms with Crippen LogP contribution in [-0.2, 0) is 21.4 Å². The molecule has 0 saturated heterocycles. The van der Waals surface area contributed by atoms with Gasteiger partial charge in [-0.05, 0) is 44.9 Å². The lowest BCUT2D eigenvalue weighted by Crippen LogP contribution is -2.33. The van der Waals surface area contributed by atoms with Crippen LogP contribution in [0.3, 0.4) is 0 Å². The second-order valence-electron chi connectivity index (χ2n) is 6.74. The molecular weight excluding hydrogens is 419 g/mol. The largest absolute Gasteiger partial charge is 0.324 e. The van der Waals surface area contributed by atoms with Gasteiger partial charge in [0.1, 0.15) is 17.3 Å². The van der Waals surface area contributed by atoms with E-state index in [1.54, 1.807) is 13.8 Å². The summed E-state index contributed by atoms with van der Waals surface area (Å²) in [5.74, 6) is -1.01. The molecule has 0 aliphatic rings. The molecule has 1 heterocycles. The van der Waals surface area contributed by atoms with E-state index in [0.29, 0.717) is 43.0 Å². The number of sulfonamides is 1. The number of nitrogens with one attached hydrogen (secondary N) is 1. The third-order valence-corrected chi connectivity index (χ3v) is 6.80. The SMILES string of the molecule is CCCN(CCC)S(=O)(=O)c1c(C)nn(CC(=O)Nc2ccc(F)c(Cl)c2)c1C. The molecule has 160 valence electrons. The molecule has 0 aliphatic carbocycles. The molecule has 0 fully saturated rings. The Morgan fingerprint density at radius 3 is 2.41 bits per heavy atom. The number of aryl methyl sites for hydroxylation is 1. The van der Waals surface area contributed by atoms with Crippen molar-refractivity contribution in [3.8, 4) is 0 Å². The van der Waals surface area contributed by atoms with Crippen LogP contribution in [0.15, 0.2) is 23.1 Å². The monoisotopic (exact) mass is 444 g/mol. The van der Waals surface area contributed by atoms with Crippen LogP contribution in [0.5, 0.6) is 0 Å². The van der Waals surface area contributed by atoms with E-state index in [1.807, 2.05) is 13.8 Å². The van der Waals surface area contributed by atoms with Crippen molar-refractivity contribution < 1.29 is 17.6 Å². The van der Waals surface area contributed by atoms with Crippen LogP contribution >= 0.6 is 11.6 Å². The van der Waals surface area contributed by atoms with Crippen LogP contribution < -0.4 is 5.32 Å². The second-order valence-corrected chi connectivity index (χ2v) is 9.02. The van der Waals surface area contributed by atoms with Crippen molar-refractivity contribution in [1.29, 1.82) is 0 Å². The minimum Gasteiger partial charge on any atom is -0.324 e. The summed E-state index contributed by atoms with van der Waals surface area (Å²) in [6, 6.07) is 3.85. The number of nitrogens with zero attached hydrogens (tertiary/aromatic N) is 3. The third-order valence-electron chi connectivity index (χ3n) is 4.36. The Balaban J connectivity index is 2.26. The Hall–Kier alpha value is -1.97. The van der Waals surface area contributed by atoms with Crippen molar-refractivity contribution in [3.63, 3.8) is 0 Å². The number of halogens is 2. The van der Waals surface area contributed by atoms with Crippen molar-refractivity contribution in [2.75, 3.05) is 18.4 Å². The first-order chi connectivity index (χ1) is 13.6. The van der Waals surface area contributed by atoms with E-state index < -0.39 is 21.7 Å². The van der Waals surface area contributed by atoms with Crippen LogP contribution in [0.1, 0.15) is 38.1 Å². The van der Waals surface area contributed by atoms with Crippen molar-refractivity contribution >= 4 is 33.2 Å². The lowest BCUT2D eigenvalue weighted by atomic mass is 10.3. The van der Waals surface area contributed by atoms with Crippen LogP contribution in [0.2, 0.25) is 5.02 Å². The first-order valence-corrected chi connectivity index (χ1v) is 11.2. The summed E-state index contributed by atoms with van der Waals surface area (Å²) in [6.07, 6.45) is 1.40. The minimum absolute atomic E-state index is 0.103. The van der Waals surface area contributed by atoms with E-state index in [2.05, 4.69) is 10.4 Å². The van der Waals surface area contributed by atoms with Gasteiger partial charge in [0.15, 0.2) is 0 Å². The average molecular weight is 445 g/mol. The van der Waals surface area contributed by atoms with Gasteiger partial charge < -0.3 is 5.32 Å². The number of benzene rings is 1. The number of anilines is 1. The fourth-order valence-electron chi connectivity index (χ4n) is 3.10. The summed E-state index contributed by atoms with van der Waals surface area (Å²) in [5.41, 5.74) is 1.08. The quantitative estimate of drug-likeness (QED) is 0.638. The Kier molecular flexibility index (Phi) is 7.79. The molecule has 10 heteroatoms. The zero-order valence-electron chi connectivity index (χ0n) is 17.0. The number of hydrogen-bond acceptors (Lipinski definition) is 4. The number of carbonyl (C=O) groups is 1. The first kappa shape index (κ1) is 23.3. The van der Waals surface area contributed by atoms with Crippen molar-refractivity contribution in [3.05, 3.63) is 40.4 Å². The molecule has 7 nitrogen and oxygen atoms in total. The molecule has 0 saturated carbocycles. The second kappa shape index (κ2) is 9.69. The highest BCUT2D eigenvalue weighted by atomic mass is 35.5. The van der Waals surface area contributed by atoms with Gasteiger partial charge in [-0.3, -0.25) is 9.48 Å². The smallest absolute Gasteiger partial charge is 0.246 e. The maximum Gasteiger partial charge on any atom is 0.246 e. The summed E-state index contributed by atoms with van der Waals surface area (Å²) in [7, 11) is -3.71. The Labute approximate surface area is 175 Å². The molecule has 0 bridgehead atoms. The molecule has 2 rings (SSSR count). The van der Waals surface area contributed by atoms with Crippen LogP contribution in [0.25, 0.3) is 0 Å². The van der Waals surface area contributed by atoms with Gasteiger partial charge in [0.2, 0.25) is 15.9 Å². The van der Waals surface area contributed by atoms with Gasteiger partial charge in [0, 0.05) is 18.8 Å². The van der Waals surface area contributed by atoms with Crippen molar-refractivity contribution in [2.45, 2.75) is 52.0 Å². The Morgan fingerprint density at radius 2 is 1.86 bits per heavy atom. The molecule has 0 spiro atoms. The molecule has 0 aliphatic heterocycles. The molecule has 0 atom stereocenters. The number of carbonyl (C=O) groups excluding carboxylic acids is 1. The maximum absolute atomic E-state index is 13.3. The van der Waals surface area contributed by atoms with Gasteiger partial charge in [0.05, 0.1) is 16.4 Å². The van der Waals surface area contributed by atoms with Crippen molar-refractivity contribution in [1.82, 2.24) is 14.1 Å². The highest BCUT2D eigenvalue weighted by Crippen LogP contribution is 2.24. The predicted molar refractivity (Wildman–Crippen MR) is 111 cm³/mol.